The molecule has 0 unspecified atom stereocenters. The van der Waals surface area contributed by atoms with Crippen molar-refractivity contribution in [3.05, 3.63) is 87.2 Å². The van der Waals surface area contributed by atoms with Crippen molar-refractivity contribution in [1.82, 2.24) is 9.55 Å². The Morgan fingerprint density at radius 3 is 2.67 bits per heavy atom. The van der Waals surface area contributed by atoms with E-state index in [1.54, 1.807) is 30.6 Å². The van der Waals surface area contributed by atoms with Crippen molar-refractivity contribution >= 4 is 17.4 Å². The molecule has 24 heavy (non-hydrogen) atoms. The normalized spacial score (nSPS) is 10.6. The van der Waals surface area contributed by atoms with Crippen molar-refractivity contribution in [1.29, 1.82) is 0 Å². The Hall–Kier alpha value is -2.66. The van der Waals surface area contributed by atoms with Gasteiger partial charge in [0.25, 0.3) is 5.56 Å². The smallest absolute Gasteiger partial charge is 0.297 e. The first-order valence-corrected chi connectivity index (χ1v) is 7.75. The summed E-state index contributed by atoms with van der Waals surface area (Å²) in [5, 5.41) is 3.58. The first-order valence-electron chi connectivity index (χ1n) is 7.37. The van der Waals surface area contributed by atoms with Crippen LogP contribution < -0.4 is 10.9 Å². The molecular weight excluding hydrogens is 329 g/mol. The zero-order valence-electron chi connectivity index (χ0n) is 13.0. The van der Waals surface area contributed by atoms with Gasteiger partial charge in [0.05, 0.1) is 5.69 Å². The lowest BCUT2D eigenvalue weighted by atomic mass is 10.2. The molecule has 0 radical (unpaired) electrons. The molecule has 0 spiro atoms. The second kappa shape index (κ2) is 6.84. The number of aromatic nitrogens is 2. The topological polar surface area (TPSA) is 46.9 Å². The van der Waals surface area contributed by atoms with Crippen molar-refractivity contribution in [2.75, 3.05) is 5.32 Å². The second-order valence-electron chi connectivity index (χ2n) is 5.36. The zero-order valence-corrected chi connectivity index (χ0v) is 13.7. The van der Waals surface area contributed by atoms with Crippen LogP contribution in [0.2, 0.25) is 5.02 Å². The van der Waals surface area contributed by atoms with E-state index < -0.39 is 0 Å². The van der Waals surface area contributed by atoms with Crippen LogP contribution in [0.15, 0.2) is 59.7 Å². The lowest BCUT2D eigenvalue weighted by molar-refractivity contribution is 0.627. The van der Waals surface area contributed by atoms with Crippen LogP contribution in [-0.4, -0.2) is 9.55 Å². The van der Waals surface area contributed by atoms with Crippen LogP contribution in [0, 0.1) is 12.7 Å². The Bertz CT molecular complexity index is 922. The molecule has 1 heterocycles. The maximum absolute atomic E-state index is 12.9. The summed E-state index contributed by atoms with van der Waals surface area (Å²) in [4.78, 5) is 16.7. The number of rotatable bonds is 4. The lowest BCUT2D eigenvalue weighted by Crippen LogP contribution is -2.23. The third-order valence-corrected chi connectivity index (χ3v) is 4.05. The van der Waals surface area contributed by atoms with Gasteiger partial charge in [0.15, 0.2) is 5.82 Å². The fourth-order valence-electron chi connectivity index (χ4n) is 2.26. The first kappa shape index (κ1) is 16.2. The van der Waals surface area contributed by atoms with Gasteiger partial charge in [-0.1, -0.05) is 29.8 Å². The van der Waals surface area contributed by atoms with Crippen LogP contribution in [0.1, 0.15) is 11.1 Å². The Balaban J connectivity index is 1.86. The first-order chi connectivity index (χ1) is 11.5. The third kappa shape index (κ3) is 3.46. The van der Waals surface area contributed by atoms with Crippen LogP contribution in [0.25, 0.3) is 5.69 Å². The quantitative estimate of drug-likeness (QED) is 0.780. The van der Waals surface area contributed by atoms with E-state index in [9.17, 15) is 9.18 Å². The van der Waals surface area contributed by atoms with Gasteiger partial charge in [-0.05, 0) is 42.3 Å². The van der Waals surface area contributed by atoms with Crippen molar-refractivity contribution in [2.24, 2.45) is 0 Å². The van der Waals surface area contributed by atoms with Crippen LogP contribution in [-0.2, 0) is 6.54 Å². The summed E-state index contributed by atoms with van der Waals surface area (Å²) in [5.41, 5.74) is 2.19. The van der Waals surface area contributed by atoms with E-state index in [-0.39, 0.29) is 17.2 Å². The molecule has 0 bridgehead atoms. The molecule has 6 heteroatoms. The molecular formula is C18H15ClFN3O. The standard InChI is InChI=1S/C18H15ClFN3O/c1-12-2-7-15(10-16(12)19)23-9-8-21-17(18(23)24)22-11-13-3-5-14(20)6-4-13/h2-10H,11H2,1H3,(H,21,22). The molecule has 1 aromatic heterocycles. The van der Waals surface area contributed by atoms with Crippen molar-refractivity contribution in [3.63, 3.8) is 0 Å². The van der Waals surface area contributed by atoms with Gasteiger partial charge in [-0.25, -0.2) is 9.37 Å². The summed E-state index contributed by atoms with van der Waals surface area (Å²) >= 11 is 6.13. The SMILES string of the molecule is Cc1ccc(-n2ccnc(NCc3ccc(F)cc3)c2=O)cc1Cl. The van der Waals surface area contributed by atoms with Crippen molar-refractivity contribution in [2.45, 2.75) is 13.5 Å². The number of nitrogens with one attached hydrogen (secondary N) is 1. The number of benzene rings is 2. The summed E-state index contributed by atoms with van der Waals surface area (Å²) in [6.07, 6.45) is 3.13. The average Bonchev–Trinajstić information content (AvgIpc) is 2.58. The Morgan fingerprint density at radius 2 is 1.96 bits per heavy atom. The highest BCUT2D eigenvalue weighted by Crippen LogP contribution is 2.18. The Morgan fingerprint density at radius 1 is 1.21 bits per heavy atom. The van der Waals surface area contributed by atoms with Gasteiger partial charge >= 0.3 is 0 Å². The molecule has 4 nitrogen and oxygen atoms in total. The molecule has 0 saturated heterocycles. The fraction of sp³-hybridized carbons (Fsp3) is 0.111. The molecule has 3 rings (SSSR count). The van der Waals surface area contributed by atoms with Crippen molar-refractivity contribution in [3.8, 4) is 5.69 Å². The monoisotopic (exact) mass is 343 g/mol. The van der Waals surface area contributed by atoms with Gasteiger partial charge in [0.1, 0.15) is 5.82 Å². The minimum absolute atomic E-state index is 0.221. The number of halogens is 2. The largest absolute Gasteiger partial charge is 0.361 e. The van der Waals surface area contributed by atoms with E-state index in [1.165, 1.54) is 16.7 Å². The molecule has 0 aliphatic rings. The lowest BCUT2D eigenvalue weighted by Gasteiger charge is -2.10. The molecule has 2 aromatic carbocycles. The number of aryl methyl sites for hydroxylation is 1. The molecule has 0 amide bonds. The number of hydrogen-bond acceptors (Lipinski definition) is 3. The van der Waals surface area contributed by atoms with Crippen LogP contribution >= 0.6 is 11.6 Å². The zero-order chi connectivity index (χ0) is 17.1. The van der Waals surface area contributed by atoms with Gasteiger partial charge in [-0.2, -0.15) is 0 Å². The van der Waals surface area contributed by atoms with Crippen LogP contribution in [0.5, 0.6) is 0 Å². The molecule has 0 saturated carbocycles. The van der Waals surface area contributed by atoms with E-state index in [1.807, 2.05) is 19.1 Å². The molecule has 0 atom stereocenters. The predicted octanol–water partition coefficient (Wildman–Crippen LogP) is 3.95. The number of nitrogens with zero attached hydrogens (tertiary/aromatic N) is 2. The summed E-state index contributed by atoms with van der Waals surface area (Å²) in [6, 6.07) is 11.5. The highest BCUT2D eigenvalue weighted by Gasteiger charge is 2.07. The summed E-state index contributed by atoms with van der Waals surface area (Å²) in [6.45, 7) is 2.28. The van der Waals surface area contributed by atoms with Gasteiger partial charge in [-0.15, -0.1) is 0 Å². The Labute approximate surface area is 143 Å². The van der Waals surface area contributed by atoms with E-state index in [0.717, 1.165) is 11.1 Å². The van der Waals surface area contributed by atoms with E-state index in [2.05, 4.69) is 10.3 Å². The highest BCUT2D eigenvalue weighted by atomic mass is 35.5. The molecule has 0 aliphatic carbocycles. The van der Waals surface area contributed by atoms with Crippen LogP contribution in [0.3, 0.4) is 0 Å². The molecule has 0 fully saturated rings. The summed E-state index contributed by atoms with van der Waals surface area (Å²) in [7, 11) is 0. The number of anilines is 1. The molecule has 122 valence electrons. The van der Waals surface area contributed by atoms with Gasteiger partial charge in [0.2, 0.25) is 0 Å². The maximum atomic E-state index is 12.9. The van der Waals surface area contributed by atoms with E-state index in [4.69, 9.17) is 11.6 Å². The average molecular weight is 344 g/mol. The van der Waals surface area contributed by atoms with Gasteiger partial charge in [-0.3, -0.25) is 9.36 Å². The fourth-order valence-corrected chi connectivity index (χ4v) is 2.43. The summed E-state index contributed by atoms with van der Waals surface area (Å²) in [5.74, 6) is -0.0753. The Kier molecular flexibility index (Phi) is 4.62. The molecule has 1 N–H and O–H groups in total. The van der Waals surface area contributed by atoms with Crippen molar-refractivity contribution < 1.29 is 4.39 Å². The maximum Gasteiger partial charge on any atom is 0.297 e. The minimum atomic E-state index is -0.296. The molecule has 0 aliphatic heterocycles. The highest BCUT2D eigenvalue weighted by molar-refractivity contribution is 6.31. The molecule has 3 aromatic rings. The predicted molar refractivity (Wildman–Crippen MR) is 93.3 cm³/mol. The number of hydrogen-bond donors (Lipinski definition) is 1. The van der Waals surface area contributed by atoms with Crippen LogP contribution in [0.4, 0.5) is 10.2 Å². The van der Waals surface area contributed by atoms with Gasteiger partial charge in [0, 0.05) is 24.0 Å². The minimum Gasteiger partial charge on any atom is -0.361 e. The van der Waals surface area contributed by atoms with E-state index >= 15 is 0 Å². The second-order valence-corrected chi connectivity index (χ2v) is 5.77. The third-order valence-electron chi connectivity index (χ3n) is 3.65. The summed E-state index contributed by atoms with van der Waals surface area (Å²) < 4.78 is 14.4. The van der Waals surface area contributed by atoms with E-state index in [0.29, 0.717) is 17.3 Å². The van der Waals surface area contributed by atoms with Gasteiger partial charge < -0.3 is 5.32 Å².